The average Bonchev–Trinajstić information content (AvgIpc) is 3.27. The predicted octanol–water partition coefficient (Wildman–Crippen LogP) is 3.78. The molecule has 0 radical (unpaired) electrons. The summed E-state index contributed by atoms with van der Waals surface area (Å²) >= 11 is 0. The highest BCUT2D eigenvalue weighted by atomic mass is 19.4. The zero-order chi connectivity index (χ0) is 23.4. The molecule has 0 aliphatic carbocycles. The smallest absolute Gasteiger partial charge is 0.418 e. The maximum atomic E-state index is 15.3. The van der Waals surface area contributed by atoms with Gasteiger partial charge in [0.25, 0.3) is 0 Å². The Balaban J connectivity index is 1.50. The van der Waals surface area contributed by atoms with Crippen molar-refractivity contribution >= 4 is 16.7 Å². The van der Waals surface area contributed by atoms with Crippen LogP contribution in [-0.4, -0.2) is 56.2 Å². The molecule has 5 heterocycles. The van der Waals surface area contributed by atoms with E-state index >= 15 is 4.39 Å². The molecule has 2 aliphatic heterocycles. The number of rotatable bonds is 4. The first kappa shape index (κ1) is 21.7. The number of halogens is 5. The van der Waals surface area contributed by atoms with Crippen molar-refractivity contribution in [3.63, 3.8) is 0 Å². The standard InChI is InChI=1S/C21H19F5N6O/c22-12-6-20(4-1-5-32(20)9-12)10-33-19-29-8-11-7-28-18(15(23)16(11)31-19)17-13(21(24,25)26)2-3-14(27)30-17/h2-3,7-8,12H,1,4-6,9-10H2,(H2,27,30)/t12-,20+/m1/s1. The molecule has 2 N–H and O–H groups in total. The van der Waals surface area contributed by atoms with E-state index in [0.29, 0.717) is 13.0 Å². The number of alkyl halides is 4. The van der Waals surface area contributed by atoms with Crippen LogP contribution < -0.4 is 10.5 Å². The van der Waals surface area contributed by atoms with Crippen molar-refractivity contribution in [1.29, 1.82) is 0 Å². The molecule has 0 bridgehead atoms. The molecule has 7 nitrogen and oxygen atoms in total. The molecule has 2 fully saturated rings. The van der Waals surface area contributed by atoms with Crippen molar-refractivity contribution in [3.8, 4) is 17.4 Å². The summed E-state index contributed by atoms with van der Waals surface area (Å²) in [4.78, 5) is 17.6. The van der Waals surface area contributed by atoms with E-state index in [9.17, 15) is 17.6 Å². The molecule has 0 spiro atoms. The first-order valence-corrected chi connectivity index (χ1v) is 10.3. The molecule has 174 valence electrons. The lowest BCUT2D eigenvalue weighted by atomic mass is 9.95. The molecule has 0 amide bonds. The highest BCUT2D eigenvalue weighted by Crippen LogP contribution is 2.40. The van der Waals surface area contributed by atoms with Crippen LogP contribution in [0, 0.1) is 5.82 Å². The summed E-state index contributed by atoms with van der Waals surface area (Å²) in [6.07, 6.45) is -1.27. The van der Waals surface area contributed by atoms with Gasteiger partial charge in [-0.1, -0.05) is 0 Å². The molecular formula is C21H19F5N6O. The number of nitrogen functional groups attached to an aromatic ring is 1. The number of aromatic nitrogens is 4. The summed E-state index contributed by atoms with van der Waals surface area (Å²) in [5.41, 5.74) is 2.28. The zero-order valence-electron chi connectivity index (χ0n) is 17.2. The van der Waals surface area contributed by atoms with Crippen LogP contribution in [0.15, 0.2) is 24.5 Å². The molecule has 0 saturated carbocycles. The van der Waals surface area contributed by atoms with E-state index in [1.807, 2.05) is 4.90 Å². The second-order valence-electron chi connectivity index (χ2n) is 8.37. The molecule has 5 rings (SSSR count). The van der Waals surface area contributed by atoms with Crippen LogP contribution >= 0.6 is 0 Å². The molecule has 12 heteroatoms. The second-order valence-corrected chi connectivity index (χ2v) is 8.37. The fourth-order valence-electron chi connectivity index (χ4n) is 4.71. The van der Waals surface area contributed by atoms with Gasteiger partial charge in [0.15, 0.2) is 5.82 Å². The minimum atomic E-state index is -4.79. The minimum Gasteiger partial charge on any atom is -0.461 e. The topological polar surface area (TPSA) is 90.0 Å². The van der Waals surface area contributed by atoms with Crippen molar-refractivity contribution in [2.24, 2.45) is 0 Å². The Morgan fingerprint density at radius 3 is 2.73 bits per heavy atom. The van der Waals surface area contributed by atoms with E-state index < -0.39 is 40.7 Å². The Hall–Kier alpha value is -3.15. The van der Waals surface area contributed by atoms with Gasteiger partial charge in [0, 0.05) is 30.7 Å². The molecule has 0 aromatic carbocycles. The highest BCUT2D eigenvalue weighted by Gasteiger charge is 2.49. The van der Waals surface area contributed by atoms with Crippen molar-refractivity contribution in [3.05, 3.63) is 35.9 Å². The van der Waals surface area contributed by atoms with Crippen LogP contribution in [0.3, 0.4) is 0 Å². The van der Waals surface area contributed by atoms with Crippen LogP contribution in [0.4, 0.5) is 27.8 Å². The number of anilines is 1. The third-order valence-corrected chi connectivity index (χ3v) is 6.22. The highest BCUT2D eigenvalue weighted by molar-refractivity contribution is 5.82. The van der Waals surface area contributed by atoms with Crippen molar-refractivity contribution in [1.82, 2.24) is 24.8 Å². The Kier molecular flexibility index (Phi) is 5.07. The molecular weight excluding hydrogens is 447 g/mol. The molecule has 2 saturated heterocycles. The van der Waals surface area contributed by atoms with E-state index in [1.165, 1.54) is 6.20 Å². The first-order chi connectivity index (χ1) is 15.7. The quantitative estimate of drug-likeness (QED) is 0.586. The maximum Gasteiger partial charge on any atom is 0.418 e. The summed E-state index contributed by atoms with van der Waals surface area (Å²) in [6, 6.07) is 1.55. The van der Waals surface area contributed by atoms with Gasteiger partial charge in [-0.3, -0.25) is 9.88 Å². The van der Waals surface area contributed by atoms with Crippen molar-refractivity contribution in [2.45, 2.75) is 37.1 Å². The number of hydrogen-bond acceptors (Lipinski definition) is 7. The van der Waals surface area contributed by atoms with Gasteiger partial charge in [-0.15, -0.1) is 0 Å². The lowest BCUT2D eigenvalue weighted by Crippen LogP contribution is -2.43. The molecule has 3 aromatic rings. The molecule has 3 aromatic heterocycles. The Morgan fingerprint density at radius 2 is 1.94 bits per heavy atom. The van der Waals surface area contributed by atoms with Crippen molar-refractivity contribution in [2.75, 3.05) is 25.4 Å². The van der Waals surface area contributed by atoms with E-state index in [1.54, 1.807) is 0 Å². The first-order valence-electron chi connectivity index (χ1n) is 10.3. The number of nitrogens with zero attached hydrogens (tertiary/aromatic N) is 5. The summed E-state index contributed by atoms with van der Waals surface area (Å²) in [6.45, 7) is 1.26. The normalized spacial score (nSPS) is 23.2. The van der Waals surface area contributed by atoms with Crippen LogP contribution in [0.5, 0.6) is 6.01 Å². The summed E-state index contributed by atoms with van der Waals surface area (Å²) in [7, 11) is 0. The molecule has 2 atom stereocenters. The molecule has 2 aliphatic rings. The van der Waals surface area contributed by atoms with Gasteiger partial charge in [0.1, 0.15) is 35.5 Å². The van der Waals surface area contributed by atoms with E-state index in [-0.39, 0.29) is 29.3 Å². The van der Waals surface area contributed by atoms with Crippen molar-refractivity contribution < 1.29 is 26.7 Å². The molecule has 33 heavy (non-hydrogen) atoms. The Bertz CT molecular complexity index is 1220. The third-order valence-electron chi connectivity index (χ3n) is 6.22. The number of ether oxygens (including phenoxy) is 1. The zero-order valence-corrected chi connectivity index (χ0v) is 17.2. The third kappa shape index (κ3) is 3.81. The van der Waals surface area contributed by atoms with E-state index in [4.69, 9.17) is 10.5 Å². The van der Waals surface area contributed by atoms with Gasteiger partial charge < -0.3 is 10.5 Å². The van der Waals surface area contributed by atoms with Crippen LogP contribution in [-0.2, 0) is 6.18 Å². The summed E-state index contributed by atoms with van der Waals surface area (Å²) in [5.74, 6) is -1.32. The fourth-order valence-corrected chi connectivity index (χ4v) is 4.71. The van der Waals surface area contributed by atoms with E-state index in [2.05, 4.69) is 19.9 Å². The second kappa shape index (κ2) is 7.72. The van der Waals surface area contributed by atoms with Gasteiger partial charge in [0.2, 0.25) is 0 Å². The summed E-state index contributed by atoms with van der Waals surface area (Å²) < 4.78 is 75.3. The van der Waals surface area contributed by atoms with E-state index in [0.717, 1.165) is 37.7 Å². The fraction of sp³-hybridized carbons (Fsp3) is 0.429. The van der Waals surface area contributed by atoms with Gasteiger partial charge >= 0.3 is 12.2 Å². The Morgan fingerprint density at radius 1 is 1.15 bits per heavy atom. The van der Waals surface area contributed by atoms with Crippen LogP contribution in [0.1, 0.15) is 24.8 Å². The van der Waals surface area contributed by atoms with Gasteiger partial charge in [0.05, 0.1) is 11.1 Å². The van der Waals surface area contributed by atoms with Gasteiger partial charge in [-0.25, -0.2) is 18.7 Å². The SMILES string of the molecule is Nc1ccc(C(F)(F)F)c(-c2ncc3cnc(OC[C@@]45CCCN4C[C@H](F)C5)nc3c2F)n1. The van der Waals surface area contributed by atoms with Crippen LogP contribution in [0.2, 0.25) is 0 Å². The number of nitrogens with two attached hydrogens (primary N) is 1. The monoisotopic (exact) mass is 466 g/mol. The maximum absolute atomic E-state index is 15.3. The summed E-state index contributed by atoms with van der Waals surface area (Å²) in [5, 5.41) is 0.173. The van der Waals surface area contributed by atoms with Crippen LogP contribution in [0.25, 0.3) is 22.3 Å². The minimum absolute atomic E-state index is 0.132. The van der Waals surface area contributed by atoms with Gasteiger partial charge in [-0.2, -0.15) is 18.2 Å². The average molecular weight is 466 g/mol. The van der Waals surface area contributed by atoms with Gasteiger partial charge in [-0.05, 0) is 31.5 Å². The lowest BCUT2D eigenvalue weighted by Gasteiger charge is -2.30. The lowest BCUT2D eigenvalue weighted by molar-refractivity contribution is -0.137. The Labute approximate surface area is 184 Å². The number of fused-ring (bicyclic) bond motifs is 2. The molecule has 0 unspecified atom stereocenters. The predicted molar refractivity (Wildman–Crippen MR) is 108 cm³/mol. The number of pyridine rings is 2. The number of hydrogen-bond donors (Lipinski definition) is 1. The largest absolute Gasteiger partial charge is 0.461 e.